The van der Waals surface area contributed by atoms with Gasteiger partial charge in [-0.2, -0.15) is 0 Å². The van der Waals surface area contributed by atoms with Crippen molar-refractivity contribution in [1.82, 2.24) is 9.47 Å². The Bertz CT molecular complexity index is 406. The van der Waals surface area contributed by atoms with Gasteiger partial charge in [0.1, 0.15) is 0 Å². The van der Waals surface area contributed by atoms with Crippen molar-refractivity contribution in [2.24, 2.45) is 0 Å². The molecule has 1 N–H and O–H groups in total. The molecule has 4 heteroatoms. The zero-order chi connectivity index (χ0) is 13.7. The Morgan fingerprint density at radius 3 is 2.39 bits per heavy atom. The third kappa shape index (κ3) is 3.35. The maximum Gasteiger partial charge on any atom is 0.337 e. The summed E-state index contributed by atoms with van der Waals surface area (Å²) in [6.45, 7) is 12.3. The van der Waals surface area contributed by atoms with Gasteiger partial charge in [0.05, 0.1) is 5.56 Å². The highest BCUT2D eigenvalue weighted by molar-refractivity contribution is 5.89. The first-order chi connectivity index (χ1) is 8.51. The molecule has 1 aromatic heterocycles. The lowest BCUT2D eigenvalue weighted by Crippen LogP contribution is -2.25. The first-order valence-corrected chi connectivity index (χ1v) is 6.63. The molecule has 0 aliphatic rings. The van der Waals surface area contributed by atoms with Crippen molar-refractivity contribution in [3.63, 3.8) is 0 Å². The number of aryl methyl sites for hydroxylation is 1. The monoisotopic (exact) mass is 252 g/mol. The predicted octanol–water partition coefficient (Wildman–Crippen LogP) is 2.54. The maximum absolute atomic E-state index is 11.0. The quantitative estimate of drug-likeness (QED) is 0.811. The largest absolute Gasteiger partial charge is 0.478 e. The van der Waals surface area contributed by atoms with E-state index in [-0.39, 0.29) is 0 Å². The molecule has 0 atom stereocenters. The Morgan fingerprint density at radius 2 is 1.94 bits per heavy atom. The first-order valence-electron chi connectivity index (χ1n) is 6.63. The SMILES string of the molecule is CCN(CC)CCCn1c(C)cc(C(=O)O)c1C. The van der Waals surface area contributed by atoms with Crippen LogP contribution in [0.5, 0.6) is 0 Å². The minimum Gasteiger partial charge on any atom is -0.478 e. The average Bonchev–Trinajstić information content (AvgIpc) is 2.62. The van der Waals surface area contributed by atoms with Gasteiger partial charge in [0.15, 0.2) is 0 Å². The van der Waals surface area contributed by atoms with Crippen LogP contribution in [0.4, 0.5) is 0 Å². The molecule has 0 aliphatic carbocycles. The molecule has 4 nitrogen and oxygen atoms in total. The summed E-state index contributed by atoms with van der Waals surface area (Å²) >= 11 is 0. The van der Waals surface area contributed by atoms with Crippen molar-refractivity contribution < 1.29 is 9.90 Å². The van der Waals surface area contributed by atoms with Gasteiger partial charge >= 0.3 is 5.97 Å². The minimum atomic E-state index is -0.835. The molecule has 0 radical (unpaired) electrons. The van der Waals surface area contributed by atoms with Gasteiger partial charge in [-0.3, -0.25) is 0 Å². The Morgan fingerprint density at radius 1 is 1.33 bits per heavy atom. The highest BCUT2D eigenvalue weighted by Gasteiger charge is 2.14. The summed E-state index contributed by atoms with van der Waals surface area (Å²) in [5, 5.41) is 9.07. The molecule has 1 aromatic rings. The van der Waals surface area contributed by atoms with Gasteiger partial charge in [-0.1, -0.05) is 13.8 Å². The third-order valence-corrected chi connectivity index (χ3v) is 3.55. The van der Waals surface area contributed by atoms with Gasteiger partial charge < -0.3 is 14.6 Å². The fourth-order valence-corrected chi connectivity index (χ4v) is 2.35. The molecular weight excluding hydrogens is 228 g/mol. The van der Waals surface area contributed by atoms with E-state index >= 15 is 0 Å². The van der Waals surface area contributed by atoms with Gasteiger partial charge in [-0.15, -0.1) is 0 Å². The van der Waals surface area contributed by atoms with Crippen LogP contribution in [0.15, 0.2) is 6.07 Å². The first kappa shape index (κ1) is 14.8. The van der Waals surface area contributed by atoms with Crippen molar-refractivity contribution >= 4 is 5.97 Å². The molecule has 0 fully saturated rings. The fourth-order valence-electron chi connectivity index (χ4n) is 2.35. The van der Waals surface area contributed by atoms with Crippen LogP contribution in [0, 0.1) is 13.8 Å². The van der Waals surface area contributed by atoms with E-state index in [4.69, 9.17) is 5.11 Å². The number of hydrogen-bond acceptors (Lipinski definition) is 2. The van der Waals surface area contributed by atoms with Crippen LogP contribution in [0.3, 0.4) is 0 Å². The molecule has 0 aromatic carbocycles. The van der Waals surface area contributed by atoms with E-state index in [0.717, 1.165) is 44.0 Å². The molecule has 0 aliphatic heterocycles. The van der Waals surface area contributed by atoms with E-state index in [1.165, 1.54) is 0 Å². The summed E-state index contributed by atoms with van der Waals surface area (Å²) < 4.78 is 2.10. The number of aromatic carboxylic acids is 1. The van der Waals surface area contributed by atoms with E-state index in [2.05, 4.69) is 23.3 Å². The second kappa shape index (κ2) is 6.59. The van der Waals surface area contributed by atoms with Crippen LogP contribution in [0.25, 0.3) is 0 Å². The van der Waals surface area contributed by atoms with E-state index in [9.17, 15) is 4.79 Å². The van der Waals surface area contributed by atoms with E-state index in [1.54, 1.807) is 6.07 Å². The standard InChI is InChI=1S/C14H24N2O2/c1-5-15(6-2)8-7-9-16-11(3)10-13(12(16)4)14(17)18/h10H,5-9H2,1-4H3,(H,17,18). The van der Waals surface area contributed by atoms with Crippen molar-refractivity contribution in [3.8, 4) is 0 Å². The Kier molecular flexibility index (Phi) is 5.41. The minimum absolute atomic E-state index is 0.426. The average molecular weight is 252 g/mol. The Balaban J connectivity index is 2.65. The smallest absolute Gasteiger partial charge is 0.337 e. The summed E-state index contributed by atoms with van der Waals surface area (Å²) in [6.07, 6.45) is 1.05. The number of carboxylic acids is 1. The van der Waals surface area contributed by atoms with Crippen molar-refractivity contribution in [1.29, 1.82) is 0 Å². The molecule has 0 amide bonds. The second-order valence-electron chi connectivity index (χ2n) is 4.62. The van der Waals surface area contributed by atoms with Crippen molar-refractivity contribution in [2.45, 2.75) is 40.7 Å². The molecular formula is C14H24N2O2. The topological polar surface area (TPSA) is 45.5 Å². The van der Waals surface area contributed by atoms with E-state index in [0.29, 0.717) is 5.56 Å². The Hall–Kier alpha value is -1.29. The molecule has 0 saturated carbocycles. The lowest BCUT2D eigenvalue weighted by molar-refractivity contribution is 0.0696. The van der Waals surface area contributed by atoms with Gasteiger partial charge in [0.25, 0.3) is 0 Å². The lowest BCUT2D eigenvalue weighted by Gasteiger charge is -2.18. The molecule has 18 heavy (non-hydrogen) atoms. The van der Waals surface area contributed by atoms with Crippen molar-refractivity contribution in [2.75, 3.05) is 19.6 Å². The highest BCUT2D eigenvalue weighted by Crippen LogP contribution is 2.15. The maximum atomic E-state index is 11.0. The third-order valence-electron chi connectivity index (χ3n) is 3.55. The summed E-state index contributed by atoms with van der Waals surface area (Å²) in [5.74, 6) is -0.835. The van der Waals surface area contributed by atoms with Crippen LogP contribution in [-0.2, 0) is 6.54 Å². The molecule has 0 saturated heterocycles. The lowest BCUT2D eigenvalue weighted by atomic mass is 10.2. The summed E-state index contributed by atoms with van der Waals surface area (Å²) in [6, 6.07) is 1.76. The highest BCUT2D eigenvalue weighted by atomic mass is 16.4. The van der Waals surface area contributed by atoms with Crippen molar-refractivity contribution in [3.05, 3.63) is 23.0 Å². The summed E-state index contributed by atoms with van der Waals surface area (Å²) in [5.41, 5.74) is 2.32. The molecule has 0 bridgehead atoms. The number of rotatable bonds is 7. The number of carbonyl (C=O) groups is 1. The van der Waals surface area contributed by atoms with Crippen LogP contribution >= 0.6 is 0 Å². The molecule has 1 rings (SSSR count). The second-order valence-corrected chi connectivity index (χ2v) is 4.62. The van der Waals surface area contributed by atoms with Crippen LogP contribution in [0.1, 0.15) is 42.0 Å². The Labute approximate surface area is 109 Å². The summed E-state index contributed by atoms with van der Waals surface area (Å²) in [7, 11) is 0. The number of hydrogen-bond donors (Lipinski definition) is 1. The predicted molar refractivity (Wildman–Crippen MR) is 73.3 cm³/mol. The van der Waals surface area contributed by atoms with Gasteiger partial charge in [-0.05, 0) is 46.0 Å². The number of carboxylic acid groups (broad SMARTS) is 1. The number of aromatic nitrogens is 1. The molecule has 0 spiro atoms. The van der Waals surface area contributed by atoms with E-state index < -0.39 is 5.97 Å². The summed E-state index contributed by atoms with van der Waals surface area (Å²) in [4.78, 5) is 13.4. The van der Waals surface area contributed by atoms with Crippen LogP contribution in [0.2, 0.25) is 0 Å². The zero-order valence-corrected chi connectivity index (χ0v) is 11.9. The van der Waals surface area contributed by atoms with E-state index in [1.807, 2.05) is 13.8 Å². The number of nitrogens with zero attached hydrogens (tertiary/aromatic N) is 2. The van der Waals surface area contributed by atoms with Gasteiger partial charge in [0, 0.05) is 17.9 Å². The molecule has 1 heterocycles. The normalized spacial score (nSPS) is 11.2. The fraction of sp³-hybridized carbons (Fsp3) is 0.643. The van der Waals surface area contributed by atoms with Crippen LogP contribution < -0.4 is 0 Å². The molecule has 102 valence electrons. The zero-order valence-electron chi connectivity index (χ0n) is 11.9. The van der Waals surface area contributed by atoms with Gasteiger partial charge in [0.2, 0.25) is 0 Å². The van der Waals surface area contributed by atoms with Crippen LogP contribution in [-0.4, -0.2) is 40.2 Å². The van der Waals surface area contributed by atoms with Gasteiger partial charge in [-0.25, -0.2) is 4.79 Å². The molecule has 0 unspecified atom stereocenters.